The van der Waals surface area contributed by atoms with Gasteiger partial charge in [0.2, 0.25) is 0 Å². The van der Waals surface area contributed by atoms with Crippen LogP contribution >= 0.6 is 15.9 Å². The first-order valence-corrected chi connectivity index (χ1v) is 5.91. The molecule has 1 aromatic carbocycles. The summed E-state index contributed by atoms with van der Waals surface area (Å²) in [6.45, 7) is -2.89. The third kappa shape index (κ3) is 2.70. The lowest BCUT2D eigenvalue weighted by Gasteiger charge is -2.15. The van der Waals surface area contributed by atoms with Gasteiger partial charge in [0, 0.05) is 5.56 Å². The van der Waals surface area contributed by atoms with Crippen molar-refractivity contribution in [2.45, 2.75) is 12.7 Å². The molecule has 1 heterocycles. The number of para-hydroxylation sites is 1. The van der Waals surface area contributed by atoms with Crippen LogP contribution in [0.1, 0.15) is 17.4 Å². The summed E-state index contributed by atoms with van der Waals surface area (Å²) < 4.78 is 34.9. The van der Waals surface area contributed by atoms with Gasteiger partial charge in [-0.2, -0.15) is 8.78 Å². The highest BCUT2D eigenvalue weighted by atomic mass is 79.9. The summed E-state index contributed by atoms with van der Waals surface area (Å²) in [4.78, 5) is 0. The third-order valence-electron chi connectivity index (χ3n) is 2.40. The number of halogens is 3. The summed E-state index contributed by atoms with van der Waals surface area (Å²) in [6, 6.07) is 7.38. The van der Waals surface area contributed by atoms with Gasteiger partial charge in [-0.3, -0.25) is 0 Å². The van der Waals surface area contributed by atoms with E-state index in [1.807, 2.05) is 0 Å². The lowest BCUT2D eigenvalue weighted by atomic mass is 10.0. The molecule has 2 N–H and O–H groups in total. The molecule has 0 saturated heterocycles. The molecule has 2 rings (SSSR count). The van der Waals surface area contributed by atoms with Crippen LogP contribution in [0.3, 0.4) is 0 Å². The Balaban J connectivity index is 2.36. The molecule has 18 heavy (non-hydrogen) atoms. The van der Waals surface area contributed by atoms with Crippen LogP contribution in [0.4, 0.5) is 8.78 Å². The Hall–Kier alpha value is -1.40. The normalized spacial score (nSPS) is 12.7. The summed E-state index contributed by atoms with van der Waals surface area (Å²) in [7, 11) is 0. The van der Waals surface area contributed by atoms with Crippen molar-refractivity contribution in [1.29, 1.82) is 0 Å². The van der Waals surface area contributed by atoms with Crippen molar-refractivity contribution in [3.63, 3.8) is 0 Å². The fourth-order valence-corrected chi connectivity index (χ4v) is 2.06. The van der Waals surface area contributed by atoms with Crippen LogP contribution in [0.5, 0.6) is 5.75 Å². The molecule has 0 aliphatic rings. The van der Waals surface area contributed by atoms with Crippen molar-refractivity contribution < 1.29 is 17.9 Å². The van der Waals surface area contributed by atoms with Gasteiger partial charge < -0.3 is 14.9 Å². The zero-order chi connectivity index (χ0) is 13.1. The van der Waals surface area contributed by atoms with E-state index in [1.54, 1.807) is 24.3 Å². The highest BCUT2D eigenvalue weighted by molar-refractivity contribution is 9.10. The van der Waals surface area contributed by atoms with E-state index in [4.69, 9.17) is 10.2 Å². The summed E-state index contributed by atoms with van der Waals surface area (Å²) in [5.41, 5.74) is 6.43. The van der Waals surface area contributed by atoms with Gasteiger partial charge in [-0.1, -0.05) is 18.2 Å². The Morgan fingerprint density at radius 1 is 1.22 bits per heavy atom. The number of nitrogens with two attached hydrogens (primary N) is 1. The monoisotopic (exact) mass is 317 g/mol. The SMILES string of the molecule is NC(c1ccccc1OC(F)F)c1occc1Br. The average Bonchev–Trinajstić information content (AvgIpc) is 2.74. The Kier molecular flexibility index (Phi) is 3.98. The second kappa shape index (κ2) is 5.49. The van der Waals surface area contributed by atoms with Gasteiger partial charge >= 0.3 is 6.61 Å². The van der Waals surface area contributed by atoms with Crippen molar-refractivity contribution in [3.05, 3.63) is 52.4 Å². The summed E-state index contributed by atoms with van der Waals surface area (Å²) in [5.74, 6) is 0.503. The van der Waals surface area contributed by atoms with Gasteiger partial charge in [0.1, 0.15) is 11.5 Å². The zero-order valence-corrected chi connectivity index (χ0v) is 10.7. The van der Waals surface area contributed by atoms with E-state index in [0.717, 1.165) is 0 Å². The molecule has 0 spiro atoms. The second-order valence-electron chi connectivity index (χ2n) is 3.53. The van der Waals surface area contributed by atoms with Crippen molar-refractivity contribution in [3.8, 4) is 5.75 Å². The number of ether oxygens (including phenoxy) is 1. The lowest BCUT2D eigenvalue weighted by molar-refractivity contribution is -0.0505. The van der Waals surface area contributed by atoms with E-state index >= 15 is 0 Å². The first-order chi connectivity index (χ1) is 8.59. The Morgan fingerprint density at radius 3 is 2.56 bits per heavy atom. The first-order valence-electron chi connectivity index (χ1n) is 5.12. The van der Waals surface area contributed by atoms with Gasteiger partial charge in [-0.25, -0.2) is 0 Å². The van der Waals surface area contributed by atoms with Gasteiger partial charge in [0.25, 0.3) is 0 Å². The molecular formula is C12H10BrF2NO2. The highest BCUT2D eigenvalue weighted by Gasteiger charge is 2.20. The average molecular weight is 318 g/mol. The van der Waals surface area contributed by atoms with Crippen LogP contribution in [0, 0.1) is 0 Å². The topological polar surface area (TPSA) is 48.4 Å². The predicted molar refractivity (Wildman–Crippen MR) is 65.5 cm³/mol. The largest absolute Gasteiger partial charge is 0.466 e. The minimum absolute atomic E-state index is 0.0447. The molecule has 1 unspecified atom stereocenters. The fraction of sp³-hybridized carbons (Fsp3) is 0.167. The van der Waals surface area contributed by atoms with E-state index in [2.05, 4.69) is 20.7 Å². The number of rotatable bonds is 4. The molecule has 0 aliphatic heterocycles. The molecular weight excluding hydrogens is 308 g/mol. The van der Waals surface area contributed by atoms with Gasteiger partial charge in [0.05, 0.1) is 16.8 Å². The van der Waals surface area contributed by atoms with E-state index < -0.39 is 12.7 Å². The lowest BCUT2D eigenvalue weighted by Crippen LogP contribution is -2.14. The molecule has 0 saturated carbocycles. The molecule has 6 heteroatoms. The van der Waals surface area contributed by atoms with E-state index in [0.29, 0.717) is 15.8 Å². The first kappa shape index (κ1) is 13.0. The molecule has 0 radical (unpaired) electrons. The molecule has 1 aromatic heterocycles. The second-order valence-corrected chi connectivity index (χ2v) is 4.38. The number of hydrogen-bond acceptors (Lipinski definition) is 3. The molecule has 1 atom stereocenters. The Bertz CT molecular complexity index is 530. The maximum absolute atomic E-state index is 12.3. The van der Waals surface area contributed by atoms with Crippen LogP contribution in [-0.4, -0.2) is 6.61 Å². The van der Waals surface area contributed by atoms with E-state index in [-0.39, 0.29) is 5.75 Å². The van der Waals surface area contributed by atoms with Crippen LogP contribution in [0.2, 0.25) is 0 Å². The van der Waals surface area contributed by atoms with E-state index in [9.17, 15) is 8.78 Å². The quantitative estimate of drug-likeness (QED) is 0.935. The highest BCUT2D eigenvalue weighted by Crippen LogP contribution is 2.33. The zero-order valence-electron chi connectivity index (χ0n) is 9.15. The number of benzene rings is 1. The molecule has 3 nitrogen and oxygen atoms in total. The van der Waals surface area contributed by atoms with Gasteiger partial charge in [-0.05, 0) is 28.1 Å². The maximum Gasteiger partial charge on any atom is 0.387 e. The van der Waals surface area contributed by atoms with Crippen LogP contribution in [0.25, 0.3) is 0 Å². The third-order valence-corrected chi connectivity index (χ3v) is 3.05. The molecule has 0 fully saturated rings. The van der Waals surface area contributed by atoms with Crippen molar-refractivity contribution in [1.82, 2.24) is 0 Å². The summed E-state index contributed by atoms with van der Waals surface area (Å²) in [6.07, 6.45) is 1.47. The molecule has 2 aromatic rings. The van der Waals surface area contributed by atoms with Crippen LogP contribution < -0.4 is 10.5 Å². The molecule has 96 valence electrons. The number of alkyl halides is 2. The van der Waals surface area contributed by atoms with Gasteiger partial charge in [0.15, 0.2) is 0 Å². The van der Waals surface area contributed by atoms with Crippen molar-refractivity contribution >= 4 is 15.9 Å². The van der Waals surface area contributed by atoms with Crippen molar-refractivity contribution in [2.24, 2.45) is 5.73 Å². The molecule has 0 aliphatic carbocycles. The standard InChI is InChI=1S/C12H10BrF2NO2/c13-8-5-6-17-11(8)10(16)7-3-1-2-4-9(7)18-12(14)15/h1-6,10,12H,16H2. The van der Waals surface area contributed by atoms with E-state index in [1.165, 1.54) is 12.3 Å². The van der Waals surface area contributed by atoms with Gasteiger partial charge in [-0.15, -0.1) is 0 Å². The summed E-state index contributed by atoms with van der Waals surface area (Å²) in [5, 5.41) is 0. The number of hydrogen-bond donors (Lipinski definition) is 1. The predicted octanol–water partition coefficient (Wildman–Crippen LogP) is 3.69. The minimum Gasteiger partial charge on any atom is -0.466 e. The summed E-state index contributed by atoms with van der Waals surface area (Å²) >= 11 is 3.28. The van der Waals surface area contributed by atoms with Crippen LogP contribution in [-0.2, 0) is 0 Å². The van der Waals surface area contributed by atoms with Crippen LogP contribution in [0.15, 0.2) is 45.5 Å². The Morgan fingerprint density at radius 2 is 1.94 bits per heavy atom. The fourth-order valence-electron chi connectivity index (χ4n) is 1.61. The maximum atomic E-state index is 12.3. The minimum atomic E-state index is -2.89. The molecule has 0 bridgehead atoms. The Labute approximate surface area is 111 Å². The molecule has 0 amide bonds. The van der Waals surface area contributed by atoms with Crippen molar-refractivity contribution in [2.75, 3.05) is 0 Å². The smallest absolute Gasteiger partial charge is 0.387 e. The number of furan rings is 1.